The fourth-order valence-electron chi connectivity index (χ4n) is 2.06. The van der Waals surface area contributed by atoms with E-state index in [4.69, 9.17) is 0 Å². The molecule has 0 aromatic carbocycles. The van der Waals surface area contributed by atoms with Crippen LogP contribution in [0.5, 0.6) is 0 Å². The molecule has 0 aliphatic heterocycles. The fourth-order valence-corrected chi connectivity index (χ4v) is 2.06. The highest BCUT2D eigenvalue weighted by atomic mass is 16.1. The van der Waals surface area contributed by atoms with Crippen LogP contribution < -0.4 is 0 Å². The number of rotatable bonds is 3. The van der Waals surface area contributed by atoms with E-state index in [0.717, 1.165) is 12.3 Å². The third kappa shape index (κ3) is 2.39. The predicted molar refractivity (Wildman–Crippen MR) is 49.3 cm³/mol. The summed E-state index contributed by atoms with van der Waals surface area (Å²) in [5.41, 5.74) is 0. The van der Waals surface area contributed by atoms with Crippen LogP contribution in [0.2, 0.25) is 0 Å². The fraction of sp³-hybridized carbons (Fsp3) is 0.818. The van der Waals surface area contributed by atoms with Crippen molar-refractivity contribution in [2.75, 3.05) is 0 Å². The highest BCUT2D eigenvalue weighted by Crippen LogP contribution is 2.36. The Hall–Kier alpha value is -0.660. The minimum Gasteiger partial charge on any atom is -0.300 e. The Balaban J connectivity index is 1.80. The van der Waals surface area contributed by atoms with Crippen molar-refractivity contribution in [1.29, 1.82) is 0 Å². The van der Waals surface area contributed by atoms with Crippen molar-refractivity contribution >= 4 is 11.6 Å². The molecule has 2 nitrogen and oxygen atoms in total. The van der Waals surface area contributed by atoms with E-state index in [1.807, 2.05) is 0 Å². The van der Waals surface area contributed by atoms with Gasteiger partial charge in [-0.1, -0.05) is 12.8 Å². The Morgan fingerprint density at radius 3 is 2.54 bits per heavy atom. The second kappa shape index (κ2) is 3.60. The average molecular weight is 180 g/mol. The molecule has 0 spiro atoms. The predicted octanol–water partition coefficient (Wildman–Crippen LogP) is 2.11. The van der Waals surface area contributed by atoms with Gasteiger partial charge in [-0.05, 0) is 18.8 Å². The quantitative estimate of drug-likeness (QED) is 0.666. The standard InChI is InChI=1S/C11H16O2/c12-10-5-6-11(13)9(7-10)4-3-8-1-2-8/h8-9H,1-7H2. The first-order chi connectivity index (χ1) is 6.25. The maximum absolute atomic E-state index is 11.4. The van der Waals surface area contributed by atoms with E-state index in [-0.39, 0.29) is 5.92 Å². The van der Waals surface area contributed by atoms with Gasteiger partial charge in [0.2, 0.25) is 0 Å². The van der Waals surface area contributed by atoms with Crippen LogP contribution >= 0.6 is 0 Å². The van der Waals surface area contributed by atoms with E-state index in [0.29, 0.717) is 30.8 Å². The van der Waals surface area contributed by atoms with Crippen molar-refractivity contribution in [1.82, 2.24) is 0 Å². The highest BCUT2D eigenvalue weighted by molar-refractivity contribution is 5.94. The zero-order valence-corrected chi connectivity index (χ0v) is 7.92. The first-order valence-corrected chi connectivity index (χ1v) is 5.30. The minimum absolute atomic E-state index is 0.0850. The monoisotopic (exact) mass is 180 g/mol. The van der Waals surface area contributed by atoms with Gasteiger partial charge in [-0.15, -0.1) is 0 Å². The molecule has 1 unspecified atom stereocenters. The zero-order valence-electron chi connectivity index (χ0n) is 7.92. The van der Waals surface area contributed by atoms with Gasteiger partial charge in [-0.25, -0.2) is 0 Å². The third-order valence-electron chi connectivity index (χ3n) is 3.20. The van der Waals surface area contributed by atoms with E-state index in [1.165, 1.54) is 19.3 Å². The summed E-state index contributed by atoms with van der Waals surface area (Å²) in [7, 11) is 0. The van der Waals surface area contributed by atoms with E-state index in [9.17, 15) is 9.59 Å². The molecule has 2 rings (SSSR count). The Bertz CT molecular complexity index is 228. The summed E-state index contributed by atoms with van der Waals surface area (Å²) in [4.78, 5) is 22.5. The number of ketones is 2. The van der Waals surface area contributed by atoms with Crippen molar-refractivity contribution in [2.45, 2.75) is 44.9 Å². The van der Waals surface area contributed by atoms with Crippen LogP contribution in [0, 0.1) is 11.8 Å². The van der Waals surface area contributed by atoms with Crippen LogP contribution in [0.1, 0.15) is 44.9 Å². The van der Waals surface area contributed by atoms with Crippen molar-refractivity contribution < 1.29 is 9.59 Å². The van der Waals surface area contributed by atoms with Gasteiger partial charge in [0.05, 0.1) is 0 Å². The van der Waals surface area contributed by atoms with Crippen molar-refractivity contribution in [3.8, 4) is 0 Å². The Labute approximate surface area is 78.7 Å². The molecule has 0 saturated heterocycles. The normalized spacial score (nSPS) is 29.4. The molecule has 0 amide bonds. The summed E-state index contributed by atoms with van der Waals surface area (Å²) in [6, 6.07) is 0. The largest absolute Gasteiger partial charge is 0.300 e. The molecule has 1 atom stereocenters. The highest BCUT2D eigenvalue weighted by Gasteiger charge is 2.29. The van der Waals surface area contributed by atoms with E-state index >= 15 is 0 Å². The lowest BCUT2D eigenvalue weighted by molar-refractivity contribution is -0.133. The van der Waals surface area contributed by atoms with Crippen LogP contribution in [0.15, 0.2) is 0 Å². The van der Waals surface area contributed by atoms with E-state index in [2.05, 4.69) is 0 Å². The number of carbonyl (C=O) groups excluding carboxylic acids is 2. The first-order valence-electron chi connectivity index (χ1n) is 5.30. The molecule has 2 aliphatic rings. The second-order valence-corrected chi connectivity index (χ2v) is 4.43. The zero-order chi connectivity index (χ0) is 9.26. The van der Waals surface area contributed by atoms with Gasteiger partial charge < -0.3 is 0 Å². The smallest absolute Gasteiger partial charge is 0.136 e. The van der Waals surface area contributed by atoms with Crippen molar-refractivity contribution in [3.63, 3.8) is 0 Å². The molecule has 0 aromatic heterocycles. The molecule has 2 aliphatic carbocycles. The van der Waals surface area contributed by atoms with Gasteiger partial charge in [0.1, 0.15) is 11.6 Å². The molecular weight excluding hydrogens is 164 g/mol. The van der Waals surface area contributed by atoms with Gasteiger partial charge in [0.15, 0.2) is 0 Å². The summed E-state index contributed by atoms with van der Waals surface area (Å²) in [6.45, 7) is 0. The number of hydrogen-bond donors (Lipinski definition) is 0. The number of Topliss-reactive ketones (excluding diaryl/α,β-unsaturated/α-hetero) is 2. The Morgan fingerprint density at radius 1 is 1.08 bits per heavy atom. The van der Waals surface area contributed by atoms with Crippen LogP contribution in [0.25, 0.3) is 0 Å². The third-order valence-corrected chi connectivity index (χ3v) is 3.20. The molecule has 0 N–H and O–H groups in total. The molecule has 2 heteroatoms. The molecule has 2 saturated carbocycles. The first kappa shape index (κ1) is 8.92. The topological polar surface area (TPSA) is 34.1 Å². The van der Waals surface area contributed by atoms with Crippen molar-refractivity contribution in [2.24, 2.45) is 11.8 Å². The molecule has 0 aromatic rings. The minimum atomic E-state index is 0.0850. The SMILES string of the molecule is O=C1CCC(=O)C(CCC2CC2)C1. The van der Waals surface area contributed by atoms with Crippen LogP contribution in [-0.4, -0.2) is 11.6 Å². The van der Waals surface area contributed by atoms with Crippen molar-refractivity contribution in [3.05, 3.63) is 0 Å². The molecule has 2 fully saturated rings. The summed E-state index contributed by atoms with van der Waals surface area (Å²) in [5.74, 6) is 1.59. The summed E-state index contributed by atoms with van der Waals surface area (Å²) >= 11 is 0. The molecule has 0 bridgehead atoms. The van der Waals surface area contributed by atoms with E-state index in [1.54, 1.807) is 0 Å². The van der Waals surface area contributed by atoms with Crippen LogP contribution in [-0.2, 0) is 9.59 Å². The maximum Gasteiger partial charge on any atom is 0.136 e. The van der Waals surface area contributed by atoms with Crippen LogP contribution in [0.3, 0.4) is 0 Å². The molecule has 0 heterocycles. The van der Waals surface area contributed by atoms with Gasteiger partial charge >= 0.3 is 0 Å². The molecular formula is C11H16O2. The molecule has 72 valence electrons. The number of carbonyl (C=O) groups is 2. The van der Waals surface area contributed by atoms with Gasteiger partial charge in [0.25, 0.3) is 0 Å². The lowest BCUT2D eigenvalue weighted by atomic mass is 9.83. The summed E-state index contributed by atoms with van der Waals surface area (Å²) < 4.78 is 0. The average Bonchev–Trinajstić information content (AvgIpc) is 2.90. The Kier molecular flexibility index (Phi) is 2.47. The Morgan fingerprint density at radius 2 is 1.85 bits per heavy atom. The molecule has 13 heavy (non-hydrogen) atoms. The lowest BCUT2D eigenvalue weighted by Gasteiger charge is -2.19. The van der Waals surface area contributed by atoms with E-state index < -0.39 is 0 Å². The lowest BCUT2D eigenvalue weighted by Crippen LogP contribution is -2.24. The maximum atomic E-state index is 11.4. The second-order valence-electron chi connectivity index (χ2n) is 4.43. The summed E-state index contributed by atoms with van der Waals surface area (Å²) in [5, 5.41) is 0. The van der Waals surface area contributed by atoms with Gasteiger partial charge in [-0.2, -0.15) is 0 Å². The summed E-state index contributed by atoms with van der Waals surface area (Å²) in [6.07, 6.45) is 6.36. The molecule has 0 radical (unpaired) electrons. The van der Waals surface area contributed by atoms with Crippen LogP contribution in [0.4, 0.5) is 0 Å². The number of hydrogen-bond acceptors (Lipinski definition) is 2. The van der Waals surface area contributed by atoms with Gasteiger partial charge in [0, 0.05) is 25.2 Å². The van der Waals surface area contributed by atoms with Gasteiger partial charge in [-0.3, -0.25) is 9.59 Å².